The number of hydrogen-bond acceptors (Lipinski definition) is 10. The molecular weight excluding hydrogens is 454 g/mol. The van der Waals surface area contributed by atoms with Crippen LogP contribution in [-0.4, -0.2) is 93.1 Å². The van der Waals surface area contributed by atoms with Crippen LogP contribution in [0.15, 0.2) is 12.1 Å². The van der Waals surface area contributed by atoms with Crippen LogP contribution in [0, 0.1) is 0 Å². The highest BCUT2D eigenvalue weighted by Crippen LogP contribution is 2.34. The van der Waals surface area contributed by atoms with Crippen molar-refractivity contribution in [2.75, 3.05) is 63.9 Å². The zero-order valence-corrected chi connectivity index (χ0v) is 19.7. The van der Waals surface area contributed by atoms with E-state index in [2.05, 4.69) is 9.97 Å². The van der Waals surface area contributed by atoms with Gasteiger partial charge in [-0.2, -0.15) is 13.4 Å². The van der Waals surface area contributed by atoms with Gasteiger partial charge in [-0.1, -0.05) is 0 Å². The molecule has 182 valence electrons. The first kappa shape index (κ1) is 24.7. The molecule has 1 atom stereocenters. The second-order valence-corrected chi connectivity index (χ2v) is 9.15. The average molecular weight is 484 g/mol. The van der Waals surface area contributed by atoms with Crippen molar-refractivity contribution in [1.82, 2.24) is 14.9 Å². The van der Waals surface area contributed by atoms with Gasteiger partial charge in [-0.25, -0.2) is 4.98 Å². The number of nitrogen functional groups attached to an aromatic ring is 1. The van der Waals surface area contributed by atoms with Crippen LogP contribution in [0.5, 0.6) is 11.5 Å². The number of amides is 1. The third-order valence-corrected chi connectivity index (χ3v) is 5.30. The molecule has 1 amide bonds. The summed E-state index contributed by atoms with van der Waals surface area (Å²) in [4.78, 5) is 25.6. The highest BCUT2D eigenvalue weighted by Gasteiger charge is 2.31. The van der Waals surface area contributed by atoms with Gasteiger partial charge in [0.1, 0.15) is 11.9 Å². The van der Waals surface area contributed by atoms with Crippen molar-refractivity contribution < 1.29 is 32.0 Å². The molecule has 12 nitrogen and oxygen atoms in total. The van der Waals surface area contributed by atoms with E-state index >= 15 is 0 Å². The Morgan fingerprint density at radius 2 is 1.76 bits per heavy atom. The number of nitrogens with two attached hydrogens (primary N) is 1. The van der Waals surface area contributed by atoms with E-state index in [0.717, 1.165) is 12.8 Å². The Hall–Kier alpha value is -2.90. The summed E-state index contributed by atoms with van der Waals surface area (Å²) in [7, 11) is -0.508. The first-order valence-electron chi connectivity index (χ1n) is 10.4. The third-order valence-electron chi connectivity index (χ3n) is 5.30. The van der Waals surface area contributed by atoms with E-state index in [-0.39, 0.29) is 12.0 Å². The minimum Gasteiger partial charge on any atom is -0.493 e. The molecule has 4 rings (SSSR count). The fraction of sp³-hybridized carbons (Fsp3) is 0.550. The normalized spacial score (nSPS) is 18.6. The van der Waals surface area contributed by atoms with Crippen LogP contribution in [0.25, 0.3) is 10.9 Å². The van der Waals surface area contributed by atoms with Crippen LogP contribution >= 0.6 is 0 Å². The van der Waals surface area contributed by atoms with E-state index in [9.17, 15) is 13.2 Å². The van der Waals surface area contributed by atoms with Gasteiger partial charge in [0.25, 0.3) is 16.0 Å². The maximum absolute atomic E-state index is 12.5. The smallest absolute Gasteiger partial charge is 0.261 e. The van der Waals surface area contributed by atoms with Gasteiger partial charge in [0.2, 0.25) is 5.95 Å². The van der Waals surface area contributed by atoms with E-state index in [0.29, 0.717) is 73.2 Å². The number of methoxy groups -OCH3 is 2. The molecule has 0 bridgehead atoms. The number of ether oxygens (including phenoxy) is 3. The molecule has 2 aromatic rings. The molecule has 0 saturated carbocycles. The van der Waals surface area contributed by atoms with Gasteiger partial charge < -0.3 is 29.7 Å². The monoisotopic (exact) mass is 483 g/mol. The molecule has 2 aliphatic rings. The van der Waals surface area contributed by atoms with E-state index in [1.165, 1.54) is 0 Å². The number of fused-ring (bicyclic) bond motifs is 1. The summed E-state index contributed by atoms with van der Waals surface area (Å²) in [5, 5.41) is 0.716. The van der Waals surface area contributed by atoms with Gasteiger partial charge in [0.15, 0.2) is 11.5 Å². The van der Waals surface area contributed by atoms with Gasteiger partial charge >= 0.3 is 0 Å². The second kappa shape index (κ2) is 10.4. The Bertz CT molecular complexity index is 1090. The van der Waals surface area contributed by atoms with E-state index in [4.69, 9.17) is 24.5 Å². The Morgan fingerprint density at radius 1 is 1.15 bits per heavy atom. The zero-order valence-electron chi connectivity index (χ0n) is 18.9. The summed E-state index contributed by atoms with van der Waals surface area (Å²) in [6.07, 6.45) is 2.21. The molecule has 1 aromatic carbocycles. The topological polar surface area (TPSA) is 157 Å². The van der Waals surface area contributed by atoms with Gasteiger partial charge in [-0.05, 0) is 18.9 Å². The molecule has 0 spiro atoms. The predicted molar refractivity (Wildman–Crippen MR) is 122 cm³/mol. The Morgan fingerprint density at radius 3 is 2.30 bits per heavy atom. The van der Waals surface area contributed by atoms with Crippen molar-refractivity contribution in [2.24, 2.45) is 0 Å². The molecule has 2 aliphatic heterocycles. The average Bonchev–Trinajstić information content (AvgIpc) is 3.31. The molecule has 0 radical (unpaired) electrons. The van der Waals surface area contributed by atoms with Crippen LogP contribution in [0.2, 0.25) is 0 Å². The van der Waals surface area contributed by atoms with Crippen molar-refractivity contribution in [3.05, 3.63) is 12.1 Å². The Balaban J connectivity index is 0.000000555. The Kier molecular flexibility index (Phi) is 7.76. The number of rotatable bonds is 4. The number of benzene rings is 1. The van der Waals surface area contributed by atoms with Gasteiger partial charge in [-0.15, -0.1) is 0 Å². The summed E-state index contributed by atoms with van der Waals surface area (Å²) in [6, 6.07) is 3.58. The minimum absolute atomic E-state index is 0.0907. The second-order valence-electron chi connectivity index (χ2n) is 7.68. The molecule has 33 heavy (non-hydrogen) atoms. The lowest BCUT2D eigenvalue weighted by atomic mass is 10.2. The lowest BCUT2D eigenvalue weighted by molar-refractivity contribution is -0.141. The summed E-state index contributed by atoms with van der Waals surface area (Å²) in [6.45, 7) is 3.21. The largest absolute Gasteiger partial charge is 0.493 e. The highest BCUT2D eigenvalue weighted by molar-refractivity contribution is 7.85. The number of aromatic nitrogens is 2. The first-order valence-corrected chi connectivity index (χ1v) is 12.2. The zero-order chi connectivity index (χ0) is 24.2. The van der Waals surface area contributed by atoms with Crippen LogP contribution < -0.4 is 20.1 Å². The SMILES string of the molecule is COc1cc2nc(N3CCN(C(=O)C4CCCO4)CC3)nc(N)c2cc1OC.CS(=O)(=O)O. The minimum atomic E-state index is -3.67. The summed E-state index contributed by atoms with van der Waals surface area (Å²) >= 11 is 0. The standard InChI is InChI=1S/C19H25N5O4.CH4O3S/c1-26-15-10-12-13(11-16(15)27-2)21-19(22-17(12)20)24-7-5-23(6-8-24)18(25)14-4-3-9-28-14;1-5(2,3)4/h10-11,14H,3-9H2,1-2H3,(H2,20,21,22);1H3,(H,2,3,4). The van der Waals surface area contributed by atoms with Crippen molar-refractivity contribution in [3.63, 3.8) is 0 Å². The summed E-state index contributed by atoms with van der Waals surface area (Å²) in [5.74, 6) is 2.21. The predicted octanol–water partition coefficient (Wildman–Crippen LogP) is 0.561. The number of carbonyl (C=O) groups excluding carboxylic acids is 1. The maximum Gasteiger partial charge on any atom is 0.261 e. The molecule has 1 unspecified atom stereocenters. The Labute approximate surface area is 192 Å². The van der Waals surface area contributed by atoms with Crippen molar-refractivity contribution in [1.29, 1.82) is 0 Å². The van der Waals surface area contributed by atoms with Gasteiger partial charge in [0.05, 0.1) is 26.0 Å². The molecule has 1 aromatic heterocycles. The fourth-order valence-corrected chi connectivity index (χ4v) is 3.71. The molecular formula is C20H29N5O7S. The van der Waals surface area contributed by atoms with Crippen LogP contribution in [0.3, 0.4) is 0 Å². The number of nitrogens with zero attached hydrogens (tertiary/aromatic N) is 4. The van der Waals surface area contributed by atoms with Crippen LogP contribution in [0.1, 0.15) is 12.8 Å². The first-order chi connectivity index (χ1) is 15.6. The number of piperazine rings is 1. The number of carbonyl (C=O) groups is 1. The summed E-state index contributed by atoms with van der Waals surface area (Å²) in [5.41, 5.74) is 6.87. The maximum atomic E-state index is 12.5. The van der Waals surface area contributed by atoms with Crippen molar-refractivity contribution >= 4 is 38.7 Å². The quantitative estimate of drug-likeness (QED) is 0.585. The van der Waals surface area contributed by atoms with E-state index in [1.54, 1.807) is 26.4 Å². The van der Waals surface area contributed by atoms with E-state index in [1.807, 2.05) is 9.80 Å². The van der Waals surface area contributed by atoms with Gasteiger partial charge in [0, 0.05) is 44.2 Å². The number of anilines is 2. The van der Waals surface area contributed by atoms with Crippen molar-refractivity contribution in [2.45, 2.75) is 18.9 Å². The van der Waals surface area contributed by atoms with Gasteiger partial charge in [-0.3, -0.25) is 9.35 Å². The molecule has 13 heteroatoms. The number of hydrogen-bond donors (Lipinski definition) is 2. The highest BCUT2D eigenvalue weighted by atomic mass is 32.2. The lowest BCUT2D eigenvalue weighted by Crippen LogP contribution is -2.51. The van der Waals surface area contributed by atoms with Crippen LogP contribution in [-0.2, 0) is 19.6 Å². The third kappa shape index (κ3) is 6.33. The molecule has 3 N–H and O–H groups in total. The summed E-state index contributed by atoms with van der Waals surface area (Å²) < 4.78 is 42.1. The molecule has 3 heterocycles. The lowest BCUT2D eigenvalue weighted by Gasteiger charge is -2.35. The van der Waals surface area contributed by atoms with Crippen LogP contribution in [0.4, 0.5) is 11.8 Å². The molecule has 2 saturated heterocycles. The van der Waals surface area contributed by atoms with Crippen molar-refractivity contribution in [3.8, 4) is 11.5 Å². The van der Waals surface area contributed by atoms with E-state index < -0.39 is 10.1 Å². The molecule has 2 fully saturated rings. The fourth-order valence-electron chi connectivity index (χ4n) is 3.71. The molecule has 0 aliphatic carbocycles.